The summed E-state index contributed by atoms with van der Waals surface area (Å²) >= 11 is 0. The maximum absolute atomic E-state index is 12.2. The van der Waals surface area contributed by atoms with Crippen molar-refractivity contribution in [3.63, 3.8) is 0 Å². The maximum atomic E-state index is 12.2. The molecule has 5 atom stereocenters. The second-order valence-corrected chi connectivity index (χ2v) is 10.8. The van der Waals surface area contributed by atoms with Gasteiger partial charge in [-0.15, -0.1) is 0 Å². The molecule has 0 radical (unpaired) electrons. The number of carbonyl (C=O) groups is 1. The molecule has 0 heterocycles. The Bertz CT molecular complexity index is 1090. The predicted molar refractivity (Wildman–Crippen MR) is 131 cm³/mol. The van der Waals surface area contributed by atoms with Crippen LogP contribution in [0.1, 0.15) is 63.4 Å². The minimum Gasteiger partial charge on any atom is -0.384 e. The van der Waals surface area contributed by atoms with Gasteiger partial charge in [-0.3, -0.25) is 4.79 Å². The molecule has 1 aromatic rings. The van der Waals surface area contributed by atoms with Crippen LogP contribution < -0.4 is 4.90 Å². The van der Waals surface area contributed by atoms with E-state index in [4.69, 9.17) is 0 Å². The summed E-state index contributed by atoms with van der Waals surface area (Å²) in [6.45, 7) is 2.01. The molecule has 33 heavy (non-hydrogen) atoms. The molecule has 2 N–H and O–H groups in total. The van der Waals surface area contributed by atoms with E-state index in [1.807, 2.05) is 6.08 Å². The van der Waals surface area contributed by atoms with Gasteiger partial charge in [0, 0.05) is 37.5 Å². The summed E-state index contributed by atoms with van der Waals surface area (Å²) < 4.78 is 0. The average molecular weight is 446 g/mol. The lowest BCUT2D eigenvalue weighted by Gasteiger charge is -2.53. The van der Waals surface area contributed by atoms with Crippen LogP contribution in [0.5, 0.6) is 0 Å². The second kappa shape index (κ2) is 8.15. The molecular formula is C29H35NO3. The molecule has 174 valence electrons. The second-order valence-electron chi connectivity index (χ2n) is 10.8. The molecule has 0 bridgehead atoms. The Morgan fingerprint density at radius 3 is 2.58 bits per heavy atom. The Morgan fingerprint density at radius 2 is 1.88 bits per heavy atom. The fourth-order valence-corrected chi connectivity index (χ4v) is 7.36. The van der Waals surface area contributed by atoms with E-state index in [1.165, 1.54) is 28.0 Å². The minimum absolute atomic E-state index is 0.208. The van der Waals surface area contributed by atoms with Crippen molar-refractivity contribution in [3.8, 4) is 11.8 Å². The summed E-state index contributed by atoms with van der Waals surface area (Å²) in [6.07, 6.45) is 7.80. The van der Waals surface area contributed by atoms with E-state index in [9.17, 15) is 15.0 Å². The van der Waals surface area contributed by atoms with E-state index in [0.29, 0.717) is 24.7 Å². The topological polar surface area (TPSA) is 60.8 Å². The van der Waals surface area contributed by atoms with E-state index in [2.05, 4.69) is 62.0 Å². The van der Waals surface area contributed by atoms with Crippen LogP contribution in [0.2, 0.25) is 0 Å². The third-order valence-corrected chi connectivity index (χ3v) is 9.07. The number of allylic oxidation sites excluding steroid dienone is 4. The molecule has 0 saturated heterocycles. The van der Waals surface area contributed by atoms with Crippen LogP contribution in [0, 0.1) is 29.1 Å². The van der Waals surface area contributed by atoms with Gasteiger partial charge in [-0.1, -0.05) is 36.5 Å². The summed E-state index contributed by atoms with van der Waals surface area (Å²) in [4.78, 5) is 14.3. The summed E-state index contributed by atoms with van der Waals surface area (Å²) in [6, 6.07) is 8.85. The molecule has 0 spiro atoms. The SMILES string of the molecule is CN(C)c1ccc(C2C[C@@]3(C)C(CC[C@@]3(O)C#CCO)C3CCC4=CC(=O)CCC4=C23)cc1. The zero-order valence-corrected chi connectivity index (χ0v) is 20.0. The highest BCUT2D eigenvalue weighted by molar-refractivity contribution is 5.93. The van der Waals surface area contributed by atoms with Crippen molar-refractivity contribution in [1.82, 2.24) is 0 Å². The largest absolute Gasteiger partial charge is 0.384 e. The number of hydrogen-bond acceptors (Lipinski definition) is 4. The zero-order chi connectivity index (χ0) is 23.4. The summed E-state index contributed by atoms with van der Waals surface area (Å²) in [7, 11) is 4.11. The molecular weight excluding hydrogens is 410 g/mol. The highest BCUT2D eigenvalue weighted by atomic mass is 16.3. The first kappa shape index (κ1) is 22.4. The van der Waals surface area contributed by atoms with Gasteiger partial charge in [0.05, 0.1) is 0 Å². The van der Waals surface area contributed by atoms with E-state index in [-0.39, 0.29) is 23.7 Å². The van der Waals surface area contributed by atoms with Gasteiger partial charge in [0.15, 0.2) is 5.78 Å². The van der Waals surface area contributed by atoms with Gasteiger partial charge in [0.2, 0.25) is 0 Å². The summed E-state index contributed by atoms with van der Waals surface area (Å²) in [5, 5.41) is 21.1. The normalized spacial score (nSPS) is 35.1. The van der Waals surface area contributed by atoms with E-state index in [0.717, 1.165) is 32.1 Å². The van der Waals surface area contributed by atoms with Crippen LogP contribution in [0.3, 0.4) is 0 Å². The number of ketones is 1. The molecule has 5 rings (SSSR count). The molecule has 3 unspecified atom stereocenters. The van der Waals surface area contributed by atoms with Crippen molar-refractivity contribution in [3.05, 3.63) is 52.6 Å². The Kier molecular flexibility index (Phi) is 5.54. The molecule has 4 aliphatic carbocycles. The summed E-state index contributed by atoms with van der Waals surface area (Å²) in [5.74, 6) is 7.10. The first-order chi connectivity index (χ1) is 15.8. The van der Waals surface area contributed by atoms with Gasteiger partial charge in [0.25, 0.3) is 0 Å². The number of hydrogen-bond donors (Lipinski definition) is 2. The molecule has 4 nitrogen and oxygen atoms in total. The first-order valence-corrected chi connectivity index (χ1v) is 12.3. The van der Waals surface area contributed by atoms with Gasteiger partial charge in [-0.05, 0) is 85.3 Å². The van der Waals surface area contributed by atoms with E-state index in [1.54, 1.807) is 0 Å². The van der Waals surface area contributed by atoms with Crippen LogP contribution in [-0.4, -0.2) is 42.3 Å². The molecule has 0 aliphatic heterocycles. The van der Waals surface area contributed by atoms with Crippen LogP contribution in [0.15, 0.2) is 47.1 Å². The van der Waals surface area contributed by atoms with E-state index >= 15 is 0 Å². The van der Waals surface area contributed by atoms with Crippen molar-refractivity contribution in [2.24, 2.45) is 17.3 Å². The minimum atomic E-state index is -1.07. The molecule has 1 aromatic carbocycles. The molecule has 0 aromatic heterocycles. The monoisotopic (exact) mass is 445 g/mol. The Balaban J connectivity index is 1.66. The number of aliphatic hydroxyl groups excluding tert-OH is 1. The van der Waals surface area contributed by atoms with Gasteiger partial charge in [0.1, 0.15) is 12.2 Å². The first-order valence-electron chi connectivity index (χ1n) is 12.3. The highest BCUT2D eigenvalue weighted by Gasteiger charge is 2.62. The van der Waals surface area contributed by atoms with Crippen LogP contribution in [0.25, 0.3) is 0 Å². The average Bonchev–Trinajstić information content (AvgIpc) is 3.07. The molecule has 2 saturated carbocycles. The molecule has 2 fully saturated rings. The van der Waals surface area contributed by atoms with Gasteiger partial charge >= 0.3 is 0 Å². The standard InChI is InChI=1S/C29H35NO3/c1-28-18-25(19-5-8-21(9-6-19)30(2)3)27-23-12-10-22(32)17-20(23)7-11-24(27)26(28)13-15-29(28,33)14-4-16-31/h5-6,8-9,17,24-26,31,33H,7,10-13,15-16,18H2,1-3H3/t24?,25?,26?,28-,29-/m0/s1. The van der Waals surface area contributed by atoms with E-state index < -0.39 is 5.60 Å². The number of fused-ring (bicyclic) bond motifs is 4. The number of aliphatic hydroxyl groups is 2. The zero-order valence-electron chi connectivity index (χ0n) is 20.0. The predicted octanol–water partition coefficient (Wildman–Crippen LogP) is 4.38. The van der Waals surface area contributed by atoms with Crippen molar-refractivity contribution >= 4 is 11.5 Å². The fourth-order valence-electron chi connectivity index (χ4n) is 7.36. The fraction of sp³-hybridized carbons (Fsp3) is 0.552. The lowest BCUT2D eigenvalue weighted by Crippen LogP contribution is -2.51. The van der Waals surface area contributed by atoms with Crippen molar-refractivity contribution in [1.29, 1.82) is 0 Å². The lowest BCUT2D eigenvalue weighted by atomic mass is 9.51. The van der Waals surface area contributed by atoms with Crippen molar-refractivity contribution in [2.75, 3.05) is 25.6 Å². The Hall–Kier alpha value is -2.35. The quantitative estimate of drug-likeness (QED) is 0.664. The number of carbonyl (C=O) groups excluding carboxylic acids is 1. The number of rotatable bonds is 2. The third kappa shape index (κ3) is 3.49. The number of benzene rings is 1. The van der Waals surface area contributed by atoms with Gasteiger partial charge in [-0.2, -0.15) is 0 Å². The Morgan fingerprint density at radius 1 is 1.12 bits per heavy atom. The Labute approximate surface area is 197 Å². The van der Waals surface area contributed by atoms with Crippen LogP contribution >= 0.6 is 0 Å². The van der Waals surface area contributed by atoms with Crippen molar-refractivity contribution in [2.45, 2.75) is 63.4 Å². The lowest BCUT2D eigenvalue weighted by molar-refractivity contribution is -0.114. The van der Waals surface area contributed by atoms with Gasteiger partial charge < -0.3 is 15.1 Å². The summed E-state index contributed by atoms with van der Waals surface area (Å²) in [5.41, 5.74) is 5.26. The van der Waals surface area contributed by atoms with Gasteiger partial charge in [-0.25, -0.2) is 0 Å². The highest BCUT2D eigenvalue weighted by Crippen LogP contribution is 2.66. The van der Waals surface area contributed by atoms with Crippen molar-refractivity contribution < 1.29 is 15.0 Å². The maximum Gasteiger partial charge on any atom is 0.156 e. The van der Waals surface area contributed by atoms with Crippen LogP contribution in [0.4, 0.5) is 5.69 Å². The number of nitrogens with zero attached hydrogens (tertiary/aromatic N) is 1. The third-order valence-electron chi connectivity index (χ3n) is 9.07. The molecule has 4 heteroatoms. The molecule has 4 aliphatic rings. The smallest absolute Gasteiger partial charge is 0.156 e. The van der Waals surface area contributed by atoms with Crippen LogP contribution in [-0.2, 0) is 4.79 Å². The number of anilines is 1. The molecule has 0 amide bonds.